The summed E-state index contributed by atoms with van der Waals surface area (Å²) in [5.74, 6) is -1.09. The summed E-state index contributed by atoms with van der Waals surface area (Å²) in [5, 5.41) is 2.32. The number of carbonyl (C=O) groups excluding carboxylic acids is 1. The summed E-state index contributed by atoms with van der Waals surface area (Å²) in [6, 6.07) is -0.0521. The van der Waals surface area contributed by atoms with Crippen LogP contribution in [-0.4, -0.2) is 15.9 Å². The molecule has 0 radical (unpaired) electrons. The number of benzene rings is 1. The molecule has 0 bridgehead atoms. The van der Waals surface area contributed by atoms with Crippen molar-refractivity contribution >= 4 is 5.91 Å². The molecular formula is C16H13F6N3O. The number of carbonyl (C=O) groups is 1. The molecule has 0 aliphatic carbocycles. The highest BCUT2D eigenvalue weighted by Crippen LogP contribution is 2.36. The van der Waals surface area contributed by atoms with Gasteiger partial charge < -0.3 is 5.32 Å². The largest absolute Gasteiger partial charge is 0.416 e. The first kappa shape index (κ1) is 19.7. The number of hydrogen-bond donors (Lipinski definition) is 1. The summed E-state index contributed by atoms with van der Waals surface area (Å²) in [7, 11) is 0. The molecule has 1 aromatic carbocycles. The van der Waals surface area contributed by atoms with Gasteiger partial charge in [-0.15, -0.1) is 0 Å². The van der Waals surface area contributed by atoms with E-state index in [-0.39, 0.29) is 6.07 Å². The Morgan fingerprint density at radius 1 is 1.00 bits per heavy atom. The number of aryl methyl sites for hydroxylation is 1. The van der Waals surface area contributed by atoms with Crippen LogP contribution in [0.4, 0.5) is 26.3 Å². The van der Waals surface area contributed by atoms with E-state index in [0.29, 0.717) is 23.5 Å². The Balaban J connectivity index is 2.35. The minimum atomic E-state index is -5.02. The maximum atomic E-state index is 12.9. The lowest BCUT2D eigenvalue weighted by Crippen LogP contribution is -2.28. The van der Waals surface area contributed by atoms with Crippen LogP contribution in [0.2, 0.25) is 0 Å². The van der Waals surface area contributed by atoms with E-state index >= 15 is 0 Å². The average molecular weight is 377 g/mol. The van der Waals surface area contributed by atoms with Gasteiger partial charge in [0.1, 0.15) is 0 Å². The Labute approximate surface area is 144 Å². The second-order valence-corrected chi connectivity index (χ2v) is 5.58. The van der Waals surface area contributed by atoms with Gasteiger partial charge in [0, 0.05) is 11.8 Å². The van der Waals surface area contributed by atoms with Crippen molar-refractivity contribution in [2.75, 3.05) is 0 Å². The van der Waals surface area contributed by atoms with Crippen LogP contribution in [0.3, 0.4) is 0 Å². The predicted octanol–water partition coefficient (Wildman–Crippen LogP) is 4.31. The highest BCUT2D eigenvalue weighted by Gasteiger charge is 2.37. The fourth-order valence-corrected chi connectivity index (χ4v) is 2.13. The van der Waals surface area contributed by atoms with Gasteiger partial charge in [0.05, 0.1) is 34.8 Å². The lowest BCUT2D eigenvalue weighted by atomic mass is 10.0. The molecule has 1 aromatic heterocycles. The molecule has 0 spiro atoms. The van der Waals surface area contributed by atoms with Crippen LogP contribution in [0, 0.1) is 6.92 Å². The van der Waals surface area contributed by atoms with Crippen molar-refractivity contribution in [3.05, 3.63) is 58.7 Å². The van der Waals surface area contributed by atoms with E-state index in [4.69, 9.17) is 0 Å². The average Bonchev–Trinajstić information content (AvgIpc) is 2.52. The van der Waals surface area contributed by atoms with Crippen molar-refractivity contribution in [2.45, 2.75) is 32.2 Å². The van der Waals surface area contributed by atoms with Crippen molar-refractivity contribution in [2.24, 2.45) is 0 Å². The zero-order chi connectivity index (χ0) is 19.7. The second kappa shape index (κ2) is 6.93. The van der Waals surface area contributed by atoms with Crippen molar-refractivity contribution in [3.63, 3.8) is 0 Å². The van der Waals surface area contributed by atoms with Crippen LogP contribution >= 0.6 is 0 Å². The summed E-state index contributed by atoms with van der Waals surface area (Å²) in [6.45, 7) is 3.13. The third-order valence-electron chi connectivity index (χ3n) is 3.41. The third kappa shape index (κ3) is 4.70. The molecule has 0 saturated carbocycles. The Bertz CT molecular complexity index is 784. The summed E-state index contributed by atoms with van der Waals surface area (Å²) in [6.07, 6.45) is -7.25. The molecule has 0 aliphatic heterocycles. The van der Waals surface area contributed by atoms with Crippen LogP contribution < -0.4 is 5.32 Å². The molecule has 2 aromatic rings. The summed E-state index contributed by atoms with van der Waals surface area (Å²) in [4.78, 5) is 20.1. The van der Waals surface area contributed by atoms with Crippen LogP contribution in [0.25, 0.3) is 0 Å². The van der Waals surface area contributed by atoms with E-state index in [1.807, 2.05) is 0 Å². The summed E-state index contributed by atoms with van der Waals surface area (Å²) in [5.41, 5.74) is -3.00. The smallest absolute Gasteiger partial charge is 0.344 e. The number of alkyl halides is 6. The molecule has 2 rings (SSSR count). The van der Waals surface area contributed by atoms with Crippen molar-refractivity contribution in [3.8, 4) is 0 Å². The maximum Gasteiger partial charge on any atom is 0.416 e. The van der Waals surface area contributed by atoms with Gasteiger partial charge in [0.2, 0.25) is 0 Å². The number of halogens is 6. The molecule has 0 saturated heterocycles. The maximum absolute atomic E-state index is 12.9. The number of nitrogens with one attached hydrogen (secondary N) is 1. The normalized spacial score (nSPS) is 13.4. The number of hydrogen-bond acceptors (Lipinski definition) is 3. The first-order valence-electron chi connectivity index (χ1n) is 7.27. The summed E-state index contributed by atoms with van der Waals surface area (Å²) >= 11 is 0. The lowest BCUT2D eigenvalue weighted by molar-refractivity contribution is -0.143. The van der Waals surface area contributed by atoms with Gasteiger partial charge in [-0.25, -0.2) is 0 Å². The highest BCUT2D eigenvalue weighted by molar-refractivity contribution is 5.94. The Morgan fingerprint density at radius 2 is 1.54 bits per heavy atom. The van der Waals surface area contributed by atoms with Gasteiger partial charge in [-0.1, -0.05) is 0 Å². The topological polar surface area (TPSA) is 54.9 Å². The standard InChI is InChI=1S/C16H13F6N3O/c1-8-6-23-7-13(24-8)9(2)25-14(26)10-3-11(15(17,18)19)5-12(4-10)16(20,21)22/h3-7,9H,1-2H3,(H,25,26). The van der Waals surface area contributed by atoms with E-state index in [1.165, 1.54) is 19.3 Å². The predicted molar refractivity (Wildman–Crippen MR) is 79.1 cm³/mol. The molecule has 1 unspecified atom stereocenters. The minimum absolute atomic E-state index is 0.0355. The minimum Gasteiger partial charge on any atom is -0.344 e. The Hall–Kier alpha value is -2.65. The van der Waals surface area contributed by atoms with Gasteiger partial charge in [-0.3, -0.25) is 14.8 Å². The zero-order valence-corrected chi connectivity index (χ0v) is 13.5. The second-order valence-electron chi connectivity index (χ2n) is 5.58. The number of nitrogens with zero attached hydrogens (tertiary/aromatic N) is 2. The molecule has 1 atom stereocenters. The van der Waals surface area contributed by atoms with Crippen LogP contribution in [0.15, 0.2) is 30.6 Å². The fourth-order valence-electron chi connectivity index (χ4n) is 2.13. The lowest BCUT2D eigenvalue weighted by Gasteiger charge is -2.16. The van der Waals surface area contributed by atoms with Crippen LogP contribution in [0.5, 0.6) is 0 Å². The van der Waals surface area contributed by atoms with Crippen LogP contribution in [0.1, 0.15) is 45.8 Å². The molecule has 26 heavy (non-hydrogen) atoms. The molecule has 1 heterocycles. The van der Waals surface area contributed by atoms with Gasteiger partial charge in [0.25, 0.3) is 5.91 Å². The molecule has 1 amide bonds. The van der Waals surface area contributed by atoms with E-state index < -0.39 is 41.0 Å². The Morgan fingerprint density at radius 3 is 2.00 bits per heavy atom. The third-order valence-corrected chi connectivity index (χ3v) is 3.41. The van der Waals surface area contributed by atoms with E-state index in [0.717, 1.165) is 0 Å². The van der Waals surface area contributed by atoms with Crippen molar-refractivity contribution in [1.82, 2.24) is 15.3 Å². The number of amides is 1. The first-order chi connectivity index (χ1) is 11.9. The fraction of sp³-hybridized carbons (Fsp3) is 0.312. The first-order valence-corrected chi connectivity index (χ1v) is 7.27. The van der Waals surface area contributed by atoms with Crippen LogP contribution in [-0.2, 0) is 12.4 Å². The van der Waals surface area contributed by atoms with E-state index in [1.54, 1.807) is 6.92 Å². The van der Waals surface area contributed by atoms with Gasteiger partial charge in [-0.2, -0.15) is 26.3 Å². The van der Waals surface area contributed by atoms with Gasteiger partial charge in [-0.05, 0) is 32.0 Å². The molecule has 1 N–H and O–H groups in total. The molecule has 0 fully saturated rings. The highest BCUT2D eigenvalue weighted by atomic mass is 19.4. The number of aromatic nitrogens is 2. The monoisotopic (exact) mass is 377 g/mol. The SMILES string of the molecule is Cc1cncc(C(C)NC(=O)c2cc(C(F)(F)F)cc(C(F)(F)F)c2)n1. The number of rotatable bonds is 3. The van der Waals surface area contributed by atoms with Crippen molar-refractivity contribution in [1.29, 1.82) is 0 Å². The Kier molecular flexibility index (Phi) is 5.24. The quantitative estimate of drug-likeness (QED) is 0.811. The van der Waals surface area contributed by atoms with E-state index in [9.17, 15) is 31.1 Å². The molecule has 0 aliphatic rings. The van der Waals surface area contributed by atoms with E-state index in [2.05, 4.69) is 15.3 Å². The molecular weight excluding hydrogens is 364 g/mol. The van der Waals surface area contributed by atoms with Gasteiger partial charge in [0.15, 0.2) is 0 Å². The molecule has 4 nitrogen and oxygen atoms in total. The molecule has 140 valence electrons. The zero-order valence-electron chi connectivity index (χ0n) is 13.5. The van der Waals surface area contributed by atoms with Gasteiger partial charge >= 0.3 is 12.4 Å². The molecule has 10 heteroatoms. The summed E-state index contributed by atoms with van der Waals surface area (Å²) < 4.78 is 77.1. The van der Waals surface area contributed by atoms with Crippen molar-refractivity contribution < 1.29 is 31.1 Å².